The zero-order valence-electron chi connectivity index (χ0n) is 16.1. The van der Waals surface area contributed by atoms with Gasteiger partial charge in [-0.1, -0.05) is 30.3 Å². The predicted molar refractivity (Wildman–Crippen MR) is 112 cm³/mol. The molecule has 0 saturated carbocycles. The van der Waals surface area contributed by atoms with Crippen molar-refractivity contribution in [3.63, 3.8) is 0 Å². The lowest BCUT2D eigenvalue weighted by molar-refractivity contribution is 0.602. The molecule has 4 heteroatoms. The van der Waals surface area contributed by atoms with Crippen LogP contribution in [0.3, 0.4) is 0 Å². The van der Waals surface area contributed by atoms with E-state index in [2.05, 4.69) is 67.8 Å². The van der Waals surface area contributed by atoms with Crippen LogP contribution in [0.1, 0.15) is 26.3 Å². The van der Waals surface area contributed by atoms with Gasteiger partial charge in [0.25, 0.3) is 0 Å². The summed E-state index contributed by atoms with van der Waals surface area (Å²) in [4.78, 5) is 9.49. The minimum Gasteiger partial charge on any atom is -0.454 e. The lowest BCUT2D eigenvalue weighted by Gasteiger charge is -2.33. The Morgan fingerprint density at radius 3 is 2.63 bits per heavy atom. The zero-order valence-corrected chi connectivity index (χ0v) is 16.1. The molecule has 5 rings (SSSR count). The highest BCUT2D eigenvalue weighted by molar-refractivity contribution is 6.10. The van der Waals surface area contributed by atoms with E-state index < -0.39 is 0 Å². The monoisotopic (exact) mass is 357 g/mol. The molecule has 1 atom stereocenters. The summed E-state index contributed by atoms with van der Waals surface area (Å²) in [6, 6.07) is 17.1. The molecule has 0 unspecified atom stereocenters. The minimum absolute atomic E-state index is 0.160. The van der Waals surface area contributed by atoms with Gasteiger partial charge in [-0.2, -0.15) is 0 Å². The van der Waals surface area contributed by atoms with Crippen LogP contribution in [0.25, 0.3) is 21.9 Å². The van der Waals surface area contributed by atoms with Gasteiger partial charge in [-0.15, -0.1) is 0 Å². The van der Waals surface area contributed by atoms with E-state index >= 15 is 0 Å². The molecule has 0 N–H and O–H groups in total. The smallest absolute Gasteiger partial charge is 0.159 e. The van der Waals surface area contributed by atoms with Crippen LogP contribution >= 0.6 is 0 Å². The second-order valence-electron chi connectivity index (χ2n) is 7.55. The number of nitrogens with zero attached hydrogens (tertiary/aromatic N) is 3. The average molecular weight is 357 g/mol. The van der Waals surface area contributed by atoms with Gasteiger partial charge < -0.3 is 14.2 Å². The number of hydrogen-bond donors (Lipinski definition) is 0. The third-order valence-corrected chi connectivity index (χ3v) is 5.57. The average Bonchev–Trinajstić information content (AvgIpc) is 3.17. The van der Waals surface area contributed by atoms with Crippen molar-refractivity contribution < 1.29 is 4.42 Å². The number of fused-ring (bicyclic) bond motifs is 4. The summed E-state index contributed by atoms with van der Waals surface area (Å²) in [6.07, 6.45) is 2.03. The molecule has 1 aliphatic heterocycles. The Morgan fingerprint density at radius 1 is 1.00 bits per heavy atom. The van der Waals surface area contributed by atoms with E-state index in [0.717, 1.165) is 33.4 Å². The molecule has 0 bridgehead atoms. The number of furan rings is 1. The van der Waals surface area contributed by atoms with Gasteiger partial charge in [0.15, 0.2) is 11.4 Å². The molecule has 0 aliphatic carbocycles. The molecule has 3 heterocycles. The first-order valence-electron chi connectivity index (χ1n) is 9.51. The summed E-state index contributed by atoms with van der Waals surface area (Å²) in [7, 11) is 0. The molecule has 136 valence electrons. The third kappa shape index (κ3) is 2.19. The zero-order chi connectivity index (χ0) is 18.7. The molecule has 1 aliphatic rings. The van der Waals surface area contributed by atoms with Crippen molar-refractivity contribution in [2.75, 3.05) is 9.80 Å². The molecule has 0 saturated heterocycles. The molecule has 2 aromatic heterocycles. The number of rotatable bonds is 2. The normalized spacial score (nSPS) is 16.7. The maximum atomic E-state index is 6.35. The SMILES string of the molecule is Cc1ccc2c(oc3ccccc32)c1N1c2ncccc2N(C(C)C)[C@@H]1C. The maximum absolute atomic E-state index is 6.35. The molecule has 4 nitrogen and oxygen atoms in total. The number of benzene rings is 2. The van der Waals surface area contributed by atoms with Crippen LogP contribution in [-0.2, 0) is 0 Å². The first-order valence-corrected chi connectivity index (χ1v) is 9.51. The van der Waals surface area contributed by atoms with E-state index in [9.17, 15) is 0 Å². The Bertz CT molecular complexity index is 1160. The molecule has 0 amide bonds. The van der Waals surface area contributed by atoms with Gasteiger partial charge >= 0.3 is 0 Å². The van der Waals surface area contributed by atoms with E-state index in [1.54, 1.807) is 0 Å². The summed E-state index contributed by atoms with van der Waals surface area (Å²) in [5.74, 6) is 0.995. The fourth-order valence-electron chi connectivity index (χ4n) is 4.45. The molecule has 27 heavy (non-hydrogen) atoms. The van der Waals surface area contributed by atoms with E-state index in [1.807, 2.05) is 24.4 Å². The molecule has 0 radical (unpaired) electrons. The lowest BCUT2D eigenvalue weighted by Crippen LogP contribution is -2.42. The van der Waals surface area contributed by atoms with Gasteiger partial charge in [-0.25, -0.2) is 4.98 Å². The van der Waals surface area contributed by atoms with Crippen molar-refractivity contribution >= 4 is 39.1 Å². The number of aryl methyl sites for hydroxylation is 1. The van der Waals surface area contributed by atoms with Crippen LogP contribution in [0, 0.1) is 6.92 Å². The summed E-state index contributed by atoms with van der Waals surface area (Å²) >= 11 is 0. The van der Waals surface area contributed by atoms with Gasteiger partial charge in [-0.05, 0) is 51.5 Å². The maximum Gasteiger partial charge on any atom is 0.159 e. The van der Waals surface area contributed by atoms with Crippen molar-refractivity contribution in [1.29, 1.82) is 0 Å². The Labute approximate surface area is 159 Å². The lowest BCUT2D eigenvalue weighted by atomic mass is 10.1. The van der Waals surface area contributed by atoms with Crippen LogP contribution in [0.2, 0.25) is 0 Å². The highest BCUT2D eigenvalue weighted by Gasteiger charge is 2.38. The third-order valence-electron chi connectivity index (χ3n) is 5.57. The molecule has 0 spiro atoms. The highest BCUT2D eigenvalue weighted by atomic mass is 16.3. The molecule has 0 fully saturated rings. The Balaban J connectivity index is 1.82. The first-order chi connectivity index (χ1) is 13.1. The molecular weight excluding hydrogens is 334 g/mol. The van der Waals surface area contributed by atoms with Gasteiger partial charge in [0.05, 0.1) is 11.4 Å². The van der Waals surface area contributed by atoms with E-state index in [1.165, 1.54) is 11.3 Å². The number of hydrogen-bond acceptors (Lipinski definition) is 4. The predicted octanol–water partition coefficient (Wildman–Crippen LogP) is 6.00. The van der Waals surface area contributed by atoms with Crippen molar-refractivity contribution in [3.8, 4) is 0 Å². The number of para-hydroxylation sites is 1. The molecular formula is C23H23N3O. The van der Waals surface area contributed by atoms with E-state index in [-0.39, 0.29) is 6.17 Å². The molecule has 4 aromatic rings. The second-order valence-corrected chi connectivity index (χ2v) is 7.55. The summed E-state index contributed by atoms with van der Waals surface area (Å²) in [5, 5.41) is 2.31. The van der Waals surface area contributed by atoms with Crippen molar-refractivity contribution in [2.24, 2.45) is 0 Å². The molecule has 2 aromatic carbocycles. The fourth-order valence-corrected chi connectivity index (χ4v) is 4.45. The van der Waals surface area contributed by atoms with Crippen molar-refractivity contribution in [3.05, 3.63) is 60.3 Å². The van der Waals surface area contributed by atoms with Crippen LogP contribution in [0.4, 0.5) is 17.2 Å². The quantitative estimate of drug-likeness (QED) is 0.440. The number of aromatic nitrogens is 1. The van der Waals surface area contributed by atoms with Gasteiger partial charge in [0, 0.05) is 23.0 Å². The Kier molecular flexibility index (Phi) is 3.44. The second kappa shape index (κ2) is 5.74. The van der Waals surface area contributed by atoms with Gasteiger partial charge in [0.1, 0.15) is 11.7 Å². The van der Waals surface area contributed by atoms with Crippen molar-refractivity contribution in [1.82, 2.24) is 4.98 Å². The van der Waals surface area contributed by atoms with Crippen LogP contribution in [-0.4, -0.2) is 17.2 Å². The van der Waals surface area contributed by atoms with Crippen LogP contribution in [0.15, 0.2) is 59.1 Å². The standard InChI is InChI=1S/C23H23N3O/c1-14(2)25-16(4)26(23-19(25)9-7-13-24-23)21-15(3)11-12-18-17-8-5-6-10-20(17)27-22(18)21/h5-14,16H,1-4H3/t16-/m0/s1. The fraction of sp³-hybridized carbons (Fsp3) is 0.261. The minimum atomic E-state index is 0.160. The van der Waals surface area contributed by atoms with E-state index in [0.29, 0.717) is 6.04 Å². The van der Waals surface area contributed by atoms with E-state index in [4.69, 9.17) is 9.40 Å². The van der Waals surface area contributed by atoms with Crippen LogP contribution in [0.5, 0.6) is 0 Å². The first kappa shape index (κ1) is 16.2. The highest BCUT2D eigenvalue weighted by Crippen LogP contribution is 2.47. The summed E-state index contributed by atoms with van der Waals surface area (Å²) < 4.78 is 6.35. The Morgan fingerprint density at radius 2 is 1.81 bits per heavy atom. The number of anilines is 3. The van der Waals surface area contributed by atoms with Gasteiger partial charge in [-0.3, -0.25) is 0 Å². The Hall–Kier alpha value is -3.01. The van der Waals surface area contributed by atoms with Gasteiger partial charge in [0.2, 0.25) is 0 Å². The van der Waals surface area contributed by atoms with Crippen LogP contribution < -0.4 is 9.80 Å². The summed E-state index contributed by atoms with van der Waals surface area (Å²) in [6.45, 7) is 8.84. The largest absolute Gasteiger partial charge is 0.454 e. The number of pyridine rings is 1. The topological polar surface area (TPSA) is 32.5 Å². The summed E-state index contributed by atoms with van der Waals surface area (Å²) in [5.41, 5.74) is 5.33. The van der Waals surface area contributed by atoms with Crippen molar-refractivity contribution in [2.45, 2.75) is 39.9 Å².